The molecule has 0 saturated carbocycles. The fourth-order valence-electron chi connectivity index (χ4n) is 2.26. The van der Waals surface area contributed by atoms with Gasteiger partial charge in [0.05, 0.1) is 18.8 Å². The fraction of sp³-hybridized carbons (Fsp3) is 0.588. The van der Waals surface area contributed by atoms with Crippen LogP contribution in [0.1, 0.15) is 47.8 Å². The van der Waals surface area contributed by atoms with Crippen LogP contribution in [0.15, 0.2) is 12.1 Å². The van der Waals surface area contributed by atoms with Crippen LogP contribution in [0.2, 0.25) is 0 Å². The molecule has 0 aliphatic carbocycles. The van der Waals surface area contributed by atoms with Crippen LogP contribution < -0.4 is 0 Å². The SMILES string of the molecule is Cc1cc(C)c(C(=O)COCCOC(C)(C)C)c(C)c1. The summed E-state index contributed by atoms with van der Waals surface area (Å²) in [5.74, 6) is 0.0377. The molecule has 0 aliphatic rings. The van der Waals surface area contributed by atoms with Crippen LogP contribution in [0.25, 0.3) is 0 Å². The van der Waals surface area contributed by atoms with Crippen molar-refractivity contribution in [3.63, 3.8) is 0 Å². The Morgan fingerprint density at radius 2 is 1.60 bits per heavy atom. The molecule has 0 unspecified atom stereocenters. The minimum atomic E-state index is -0.169. The molecule has 0 spiro atoms. The van der Waals surface area contributed by atoms with E-state index in [0.29, 0.717) is 13.2 Å². The standard InChI is InChI=1S/C17H26O3/c1-12-9-13(2)16(14(3)10-12)15(18)11-19-7-8-20-17(4,5)6/h9-10H,7-8,11H2,1-6H3. The molecule has 0 saturated heterocycles. The summed E-state index contributed by atoms with van der Waals surface area (Å²) in [4.78, 5) is 12.2. The van der Waals surface area contributed by atoms with E-state index in [9.17, 15) is 4.79 Å². The van der Waals surface area contributed by atoms with Crippen molar-refractivity contribution in [2.75, 3.05) is 19.8 Å². The van der Waals surface area contributed by atoms with E-state index >= 15 is 0 Å². The third kappa shape index (κ3) is 5.43. The lowest BCUT2D eigenvalue weighted by Crippen LogP contribution is -2.22. The number of hydrogen-bond donors (Lipinski definition) is 0. The number of ketones is 1. The lowest BCUT2D eigenvalue weighted by molar-refractivity contribution is -0.0324. The Morgan fingerprint density at radius 1 is 1.05 bits per heavy atom. The van der Waals surface area contributed by atoms with Gasteiger partial charge in [0, 0.05) is 5.56 Å². The third-order valence-corrected chi connectivity index (χ3v) is 2.95. The molecule has 0 aromatic heterocycles. The van der Waals surface area contributed by atoms with Crippen LogP contribution in [0, 0.1) is 20.8 Å². The number of carbonyl (C=O) groups excluding carboxylic acids is 1. The molecule has 0 amide bonds. The van der Waals surface area contributed by atoms with E-state index in [0.717, 1.165) is 16.7 Å². The van der Waals surface area contributed by atoms with E-state index < -0.39 is 0 Å². The first-order valence-electron chi connectivity index (χ1n) is 7.03. The van der Waals surface area contributed by atoms with Crippen LogP contribution in [0.4, 0.5) is 0 Å². The van der Waals surface area contributed by atoms with Crippen LogP contribution in [0.5, 0.6) is 0 Å². The van der Waals surface area contributed by atoms with Crippen molar-refractivity contribution < 1.29 is 14.3 Å². The average Bonchev–Trinajstić information content (AvgIpc) is 2.25. The highest BCUT2D eigenvalue weighted by molar-refractivity contribution is 5.99. The third-order valence-electron chi connectivity index (χ3n) is 2.95. The number of rotatable bonds is 6. The zero-order chi connectivity index (χ0) is 15.3. The summed E-state index contributed by atoms with van der Waals surface area (Å²) in [5.41, 5.74) is 3.82. The van der Waals surface area contributed by atoms with Gasteiger partial charge >= 0.3 is 0 Å². The smallest absolute Gasteiger partial charge is 0.188 e. The number of Topliss-reactive ketones (excluding diaryl/α,β-unsaturated/α-hetero) is 1. The summed E-state index contributed by atoms with van der Waals surface area (Å²) in [6.07, 6.45) is 0. The van der Waals surface area contributed by atoms with Crippen molar-refractivity contribution in [3.8, 4) is 0 Å². The second kappa shape index (κ2) is 7.00. The maximum absolute atomic E-state index is 12.2. The van der Waals surface area contributed by atoms with E-state index in [-0.39, 0.29) is 18.0 Å². The zero-order valence-electron chi connectivity index (χ0n) is 13.5. The molecule has 1 aromatic rings. The fourth-order valence-corrected chi connectivity index (χ4v) is 2.26. The molecule has 20 heavy (non-hydrogen) atoms. The van der Waals surface area contributed by atoms with E-state index in [1.165, 1.54) is 5.56 Å². The van der Waals surface area contributed by atoms with Crippen LogP contribution in [-0.4, -0.2) is 31.2 Å². The molecule has 1 aromatic carbocycles. The van der Waals surface area contributed by atoms with Gasteiger partial charge in [-0.3, -0.25) is 4.79 Å². The molecular weight excluding hydrogens is 252 g/mol. The summed E-state index contributed by atoms with van der Waals surface area (Å²) in [5, 5.41) is 0. The van der Waals surface area contributed by atoms with E-state index in [4.69, 9.17) is 9.47 Å². The molecule has 3 heteroatoms. The number of carbonyl (C=O) groups is 1. The molecule has 0 fully saturated rings. The lowest BCUT2D eigenvalue weighted by Gasteiger charge is -2.19. The van der Waals surface area contributed by atoms with Gasteiger partial charge in [-0.2, -0.15) is 0 Å². The van der Waals surface area contributed by atoms with Gasteiger partial charge in [0.1, 0.15) is 6.61 Å². The summed E-state index contributed by atoms with van der Waals surface area (Å²) in [6, 6.07) is 4.06. The van der Waals surface area contributed by atoms with Crippen molar-refractivity contribution >= 4 is 5.78 Å². The van der Waals surface area contributed by atoms with Gasteiger partial charge in [0.15, 0.2) is 5.78 Å². The Kier molecular flexibility index (Phi) is 5.90. The Labute approximate surface area is 122 Å². The second-order valence-electron chi connectivity index (χ2n) is 6.21. The second-order valence-corrected chi connectivity index (χ2v) is 6.21. The van der Waals surface area contributed by atoms with Gasteiger partial charge in [-0.15, -0.1) is 0 Å². The highest BCUT2D eigenvalue weighted by Gasteiger charge is 2.13. The zero-order valence-corrected chi connectivity index (χ0v) is 13.5. The summed E-state index contributed by atoms with van der Waals surface area (Å²) in [7, 11) is 0. The molecular formula is C17H26O3. The van der Waals surface area contributed by atoms with Gasteiger partial charge in [-0.05, 0) is 52.7 Å². The topological polar surface area (TPSA) is 35.5 Å². The molecule has 112 valence electrons. The van der Waals surface area contributed by atoms with Crippen molar-refractivity contribution in [2.45, 2.75) is 47.1 Å². The van der Waals surface area contributed by atoms with Gasteiger partial charge < -0.3 is 9.47 Å². The Balaban J connectivity index is 2.48. The molecule has 0 radical (unpaired) electrons. The maximum atomic E-state index is 12.2. The number of ether oxygens (including phenoxy) is 2. The first kappa shape index (κ1) is 16.9. The van der Waals surface area contributed by atoms with Crippen molar-refractivity contribution in [1.29, 1.82) is 0 Å². The predicted octanol–water partition coefficient (Wildman–Crippen LogP) is 3.63. The highest BCUT2D eigenvalue weighted by atomic mass is 16.5. The summed E-state index contributed by atoms with van der Waals surface area (Å²) < 4.78 is 11.0. The molecule has 0 aliphatic heterocycles. The first-order chi connectivity index (χ1) is 9.20. The quantitative estimate of drug-likeness (QED) is 0.589. The van der Waals surface area contributed by atoms with Gasteiger partial charge in [-0.25, -0.2) is 0 Å². The lowest BCUT2D eigenvalue weighted by atomic mass is 9.97. The Morgan fingerprint density at radius 3 is 2.10 bits per heavy atom. The molecule has 0 N–H and O–H groups in total. The summed E-state index contributed by atoms with van der Waals surface area (Å²) >= 11 is 0. The molecule has 3 nitrogen and oxygen atoms in total. The van der Waals surface area contributed by atoms with Crippen molar-refractivity contribution in [1.82, 2.24) is 0 Å². The van der Waals surface area contributed by atoms with Gasteiger partial charge in [0.25, 0.3) is 0 Å². The molecule has 1 rings (SSSR count). The maximum Gasteiger partial charge on any atom is 0.188 e. The summed E-state index contributed by atoms with van der Waals surface area (Å²) in [6.45, 7) is 13.0. The molecule has 0 heterocycles. The Hall–Kier alpha value is -1.19. The minimum Gasteiger partial charge on any atom is -0.373 e. The molecule has 0 atom stereocenters. The largest absolute Gasteiger partial charge is 0.373 e. The Bertz CT molecular complexity index is 447. The average molecular weight is 278 g/mol. The highest BCUT2D eigenvalue weighted by Crippen LogP contribution is 2.17. The monoisotopic (exact) mass is 278 g/mol. The number of benzene rings is 1. The van der Waals surface area contributed by atoms with Crippen LogP contribution in [-0.2, 0) is 9.47 Å². The van der Waals surface area contributed by atoms with Crippen LogP contribution in [0.3, 0.4) is 0 Å². The van der Waals surface area contributed by atoms with E-state index in [1.54, 1.807) is 0 Å². The molecule has 0 bridgehead atoms. The number of hydrogen-bond acceptors (Lipinski definition) is 3. The van der Waals surface area contributed by atoms with Crippen molar-refractivity contribution in [3.05, 3.63) is 34.4 Å². The first-order valence-corrected chi connectivity index (χ1v) is 7.03. The van der Waals surface area contributed by atoms with E-state index in [2.05, 4.69) is 0 Å². The van der Waals surface area contributed by atoms with Gasteiger partial charge in [0.2, 0.25) is 0 Å². The minimum absolute atomic E-state index is 0.0377. The van der Waals surface area contributed by atoms with E-state index in [1.807, 2.05) is 53.7 Å². The van der Waals surface area contributed by atoms with Crippen molar-refractivity contribution in [2.24, 2.45) is 0 Å². The normalized spacial score (nSPS) is 11.7. The van der Waals surface area contributed by atoms with Crippen LogP contribution >= 0.6 is 0 Å². The number of aryl methyl sites for hydroxylation is 3. The van der Waals surface area contributed by atoms with Gasteiger partial charge in [-0.1, -0.05) is 17.7 Å². The predicted molar refractivity (Wildman–Crippen MR) is 81.5 cm³/mol.